The zero-order chi connectivity index (χ0) is 36.3. The van der Waals surface area contributed by atoms with Gasteiger partial charge in [-0.2, -0.15) is 0 Å². The van der Waals surface area contributed by atoms with Crippen molar-refractivity contribution in [3.05, 3.63) is 206 Å². The van der Waals surface area contributed by atoms with Crippen LogP contribution in [0, 0.1) is 0 Å². The molecule has 0 unspecified atom stereocenters. The highest BCUT2D eigenvalue weighted by Crippen LogP contribution is 2.42. The minimum Gasteiger partial charge on any atom is -0.455 e. The van der Waals surface area contributed by atoms with Crippen molar-refractivity contribution in [3.8, 4) is 27.9 Å². The Morgan fingerprint density at radius 1 is 0.364 bits per heavy atom. The van der Waals surface area contributed by atoms with Crippen LogP contribution in [0.15, 0.2) is 211 Å². The van der Waals surface area contributed by atoms with Gasteiger partial charge in [-0.15, -0.1) is 0 Å². The molecule has 0 spiro atoms. The van der Waals surface area contributed by atoms with Gasteiger partial charge in [-0.25, -0.2) is 0 Å². The van der Waals surface area contributed by atoms with Crippen molar-refractivity contribution in [3.63, 3.8) is 0 Å². The SMILES string of the molecule is c1ccc(-n2c3ccccc3c3cc(N(c4ccc(-c5ccc6ccccc6c5)cc4)c4ccc(-c5cccc6c5oc5ccccc56)cc4)ccc32)cc1. The Morgan fingerprint density at radius 2 is 0.982 bits per heavy atom. The van der Waals surface area contributed by atoms with Gasteiger partial charge in [0.2, 0.25) is 0 Å². The molecule has 3 nitrogen and oxygen atoms in total. The summed E-state index contributed by atoms with van der Waals surface area (Å²) >= 11 is 0. The van der Waals surface area contributed by atoms with Crippen molar-refractivity contribution in [2.75, 3.05) is 4.90 Å². The second-order valence-electron chi connectivity index (χ2n) is 14.2. The Morgan fingerprint density at radius 3 is 1.80 bits per heavy atom. The first-order valence-corrected chi connectivity index (χ1v) is 18.8. The number of rotatable bonds is 6. The van der Waals surface area contributed by atoms with Crippen molar-refractivity contribution >= 4 is 71.6 Å². The summed E-state index contributed by atoms with van der Waals surface area (Å²) in [6.07, 6.45) is 0. The standard InChI is InChI=1S/C52H34N2O/c1-2-13-40(14-3-1)54-49-19-8-6-15-45(49)48-34-43(31-32-50(48)54)53(41-27-23-36(24-28-41)39-22-21-35-11-4-5-12-38(35)33-39)42-29-25-37(26-30-42)44-17-10-18-47-46-16-7-9-20-51(46)55-52(44)47/h1-34H. The molecule has 0 saturated heterocycles. The fourth-order valence-corrected chi connectivity index (χ4v) is 8.34. The Hall–Kier alpha value is -7.36. The van der Waals surface area contributed by atoms with Gasteiger partial charge in [0.15, 0.2) is 0 Å². The van der Waals surface area contributed by atoms with E-state index in [1.54, 1.807) is 0 Å². The van der Waals surface area contributed by atoms with Gasteiger partial charge in [0.05, 0.1) is 11.0 Å². The van der Waals surface area contributed by atoms with Gasteiger partial charge in [-0.1, -0.05) is 133 Å². The number of aromatic nitrogens is 1. The maximum Gasteiger partial charge on any atom is 0.143 e. The average molecular weight is 703 g/mol. The summed E-state index contributed by atoms with van der Waals surface area (Å²) in [4.78, 5) is 2.36. The molecule has 0 bridgehead atoms. The van der Waals surface area contributed by atoms with Gasteiger partial charge in [-0.05, 0) is 100 Å². The molecule has 9 aromatic carbocycles. The van der Waals surface area contributed by atoms with Crippen LogP contribution in [0.4, 0.5) is 17.1 Å². The van der Waals surface area contributed by atoms with Crippen molar-refractivity contribution in [1.82, 2.24) is 4.57 Å². The second kappa shape index (κ2) is 12.6. The summed E-state index contributed by atoms with van der Waals surface area (Å²) in [6.45, 7) is 0. The van der Waals surface area contributed by atoms with Crippen molar-refractivity contribution in [2.24, 2.45) is 0 Å². The quantitative estimate of drug-likeness (QED) is 0.172. The maximum atomic E-state index is 6.42. The molecule has 2 aromatic heterocycles. The summed E-state index contributed by atoms with van der Waals surface area (Å²) in [5, 5.41) is 7.20. The summed E-state index contributed by atoms with van der Waals surface area (Å²) in [7, 11) is 0. The van der Waals surface area contributed by atoms with Crippen LogP contribution >= 0.6 is 0 Å². The number of nitrogens with zero attached hydrogens (tertiary/aromatic N) is 2. The number of furan rings is 1. The second-order valence-corrected chi connectivity index (χ2v) is 14.2. The largest absolute Gasteiger partial charge is 0.455 e. The predicted octanol–water partition coefficient (Wildman–Crippen LogP) is 14.6. The van der Waals surface area contributed by atoms with Crippen LogP contribution in [0.25, 0.3) is 82.5 Å². The lowest BCUT2D eigenvalue weighted by Gasteiger charge is -2.26. The highest BCUT2D eigenvalue weighted by atomic mass is 16.3. The Bertz CT molecular complexity index is 3190. The van der Waals surface area contributed by atoms with Crippen LogP contribution < -0.4 is 4.90 Å². The zero-order valence-electron chi connectivity index (χ0n) is 29.9. The molecule has 0 aliphatic carbocycles. The zero-order valence-corrected chi connectivity index (χ0v) is 29.9. The molecule has 0 saturated carbocycles. The number of hydrogen-bond acceptors (Lipinski definition) is 2. The Labute approximate surface area is 318 Å². The van der Waals surface area contributed by atoms with E-state index in [0.29, 0.717) is 0 Å². The van der Waals surface area contributed by atoms with Gasteiger partial charge in [0, 0.05) is 49.9 Å². The smallest absolute Gasteiger partial charge is 0.143 e. The first kappa shape index (κ1) is 31.2. The molecule has 11 aromatic rings. The van der Waals surface area contributed by atoms with Gasteiger partial charge >= 0.3 is 0 Å². The number of para-hydroxylation sites is 4. The molecule has 2 heterocycles. The van der Waals surface area contributed by atoms with E-state index in [1.165, 1.54) is 43.7 Å². The van der Waals surface area contributed by atoms with Crippen LogP contribution in [0.1, 0.15) is 0 Å². The molecule has 0 fully saturated rings. The van der Waals surface area contributed by atoms with E-state index in [1.807, 2.05) is 12.1 Å². The molecule has 11 rings (SSSR count). The number of hydrogen-bond donors (Lipinski definition) is 0. The lowest BCUT2D eigenvalue weighted by molar-refractivity contribution is 0.670. The van der Waals surface area contributed by atoms with Crippen LogP contribution in [0.2, 0.25) is 0 Å². The highest BCUT2D eigenvalue weighted by molar-refractivity contribution is 6.11. The minimum absolute atomic E-state index is 0.906. The number of benzene rings is 9. The van der Waals surface area contributed by atoms with Crippen molar-refractivity contribution in [2.45, 2.75) is 0 Å². The summed E-state index contributed by atoms with van der Waals surface area (Å²) in [6, 6.07) is 74.0. The van der Waals surface area contributed by atoms with E-state index >= 15 is 0 Å². The molecule has 0 atom stereocenters. The molecule has 3 heteroatoms. The lowest BCUT2D eigenvalue weighted by Crippen LogP contribution is -2.10. The molecule has 0 N–H and O–H groups in total. The average Bonchev–Trinajstić information content (AvgIpc) is 3.80. The molecule has 0 aliphatic heterocycles. The number of anilines is 3. The monoisotopic (exact) mass is 702 g/mol. The van der Waals surface area contributed by atoms with E-state index in [9.17, 15) is 0 Å². The number of fused-ring (bicyclic) bond motifs is 7. The predicted molar refractivity (Wildman–Crippen MR) is 231 cm³/mol. The van der Waals surface area contributed by atoms with E-state index in [-0.39, 0.29) is 0 Å². The molecule has 0 radical (unpaired) electrons. The Balaban J connectivity index is 1.05. The summed E-state index contributed by atoms with van der Waals surface area (Å²) < 4.78 is 8.79. The minimum atomic E-state index is 0.906. The van der Waals surface area contributed by atoms with E-state index in [2.05, 4.69) is 204 Å². The molecule has 55 heavy (non-hydrogen) atoms. The molecule has 0 amide bonds. The van der Waals surface area contributed by atoms with E-state index < -0.39 is 0 Å². The normalized spacial score (nSPS) is 11.6. The van der Waals surface area contributed by atoms with Crippen molar-refractivity contribution in [1.29, 1.82) is 0 Å². The highest BCUT2D eigenvalue weighted by Gasteiger charge is 2.19. The van der Waals surface area contributed by atoms with Gasteiger partial charge in [-0.3, -0.25) is 0 Å². The summed E-state index contributed by atoms with van der Waals surface area (Å²) in [5.74, 6) is 0. The van der Waals surface area contributed by atoms with Crippen LogP contribution in [-0.2, 0) is 0 Å². The molecular formula is C52H34N2O. The third-order valence-corrected chi connectivity index (χ3v) is 11.0. The van der Waals surface area contributed by atoms with Crippen LogP contribution in [-0.4, -0.2) is 4.57 Å². The van der Waals surface area contributed by atoms with Crippen molar-refractivity contribution < 1.29 is 4.42 Å². The Kier molecular flexibility index (Phi) is 7.17. The lowest BCUT2D eigenvalue weighted by atomic mass is 10.0. The van der Waals surface area contributed by atoms with Crippen LogP contribution in [0.3, 0.4) is 0 Å². The molecule has 0 aliphatic rings. The fourth-order valence-electron chi connectivity index (χ4n) is 8.34. The van der Waals surface area contributed by atoms with Gasteiger partial charge in [0.25, 0.3) is 0 Å². The van der Waals surface area contributed by atoms with Crippen LogP contribution in [0.5, 0.6) is 0 Å². The van der Waals surface area contributed by atoms with E-state index in [4.69, 9.17) is 4.42 Å². The molecule has 258 valence electrons. The van der Waals surface area contributed by atoms with E-state index in [0.717, 1.165) is 55.8 Å². The van der Waals surface area contributed by atoms with Gasteiger partial charge in [0.1, 0.15) is 11.2 Å². The van der Waals surface area contributed by atoms with Gasteiger partial charge < -0.3 is 13.9 Å². The molecular weight excluding hydrogens is 669 g/mol. The fraction of sp³-hybridized carbons (Fsp3) is 0. The topological polar surface area (TPSA) is 21.3 Å². The first-order valence-electron chi connectivity index (χ1n) is 18.8. The first-order chi connectivity index (χ1) is 27.3. The third kappa shape index (κ3) is 5.20. The third-order valence-electron chi connectivity index (χ3n) is 11.0. The maximum absolute atomic E-state index is 6.42. The summed E-state index contributed by atoms with van der Waals surface area (Å²) in [5.41, 5.74) is 13.2.